The smallest absolute Gasteiger partial charge is 0.123 e. The summed E-state index contributed by atoms with van der Waals surface area (Å²) in [5.74, 6) is -0.313. The Bertz CT molecular complexity index is 738. The number of halogens is 2. The van der Waals surface area contributed by atoms with Crippen LogP contribution in [0.15, 0.2) is 60.7 Å². The van der Waals surface area contributed by atoms with E-state index in [9.17, 15) is 14.6 Å². The van der Waals surface area contributed by atoms with E-state index in [0.717, 1.165) is 18.7 Å². The second kappa shape index (κ2) is 8.31. The standard InChI is InChI=1S/C21H23ClFNO2/c22-18-7-5-17(6-8-18)21(26)11-14-24(15-12-21)13-1-2-20(25)16-3-9-19(23)10-4-16/h1-10,20,25-26H,11-15H2. The number of aliphatic hydroxyl groups excluding tert-OH is 1. The molecule has 1 aliphatic rings. The van der Waals surface area contributed by atoms with Gasteiger partial charge in [0.05, 0.1) is 11.7 Å². The van der Waals surface area contributed by atoms with E-state index in [2.05, 4.69) is 4.90 Å². The molecule has 5 heteroatoms. The Morgan fingerprint density at radius 1 is 1.08 bits per heavy atom. The minimum absolute atomic E-state index is 0.313. The van der Waals surface area contributed by atoms with E-state index in [0.29, 0.717) is 30.0 Å². The van der Waals surface area contributed by atoms with Gasteiger partial charge in [-0.15, -0.1) is 0 Å². The highest BCUT2D eigenvalue weighted by atomic mass is 35.5. The zero-order valence-corrected chi connectivity index (χ0v) is 15.2. The van der Waals surface area contributed by atoms with Crippen LogP contribution in [0.4, 0.5) is 4.39 Å². The lowest BCUT2D eigenvalue weighted by molar-refractivity contribution is -0.0234. The number of piperidine rings is 1. The van der Waals surface area contributed by atoms with Crippen LogP contribution in [0.5, 0.6) is 0 Å². The van der Waals surface area contributed by atoms with Crippen LogP contribution in [0, 0.1) is 5.82 Å². The third-order valence-corrected chi connectivity index (χ3v) is 5.21. The van der Waals surface area contributed by atoms with Crippen LogP contribution in [-0.4, -0.2) is 34.7 Å². The molecule has 1 aliphatic heterocycles. The molecule has 0 aromatic heterocycles. The first kappa shape index (κ1) is 19.1. The fourth-order valence-electron chi connectivity index (χ4n) is 3.26. The summed E-state index contributed by atoms with van der Waals surface area (Å²) >= 11 is 5.92. The molecule has 1 heterocycles. The Morgan fingerprint density at radius 2 is 1.69 bits per heavy atom. The highest BCUT2D eigenvalue weighted by Gasteiger charge is 2.33. The van der Waals surface area contributed by atoms with E-state index in [1.54, 1.807) is 30.3 Å². The Kier molecular flexibility index (Phi) is 6.09. The summed E-state index contributed by atoms with van der Waals surface area (Å²) in [6.07, 6.45) is 4.20. The molecule has 0 aliphatic carbocycles. The van der Waals surface area contributed by atoms with Gasteiger partial charge in [0.25, 0.3) is 0 Å². The van der Waals surface area contributed by atoms with Crippen LogP contribution in [0.25, 0.3) is 0 Å². The lowest BCUT2D eigenvalue weighted by Crippen LogP contribution is -2.42. The maximum absolute atomic E-state index is 12.9. The highest BCUT2D eigenvalue weighted by Crippen LogP contribution is 2.33. The third-order valence-electron chi connectivity index (χ3n) is 4.96. The van der Waals surface area contributed by atoms with E-state index < -0.39 is 11.7 Å². The maximum atomic E-state index is 12.9. The Morgan fingerprint density at radius 3 is 2.31 bits per heavy atom. The number of aliphatic hydroxyl groups is 2. The molecule has 1 fully saturated rings. The fraction of sp³-hybridized carbons (Fsp3) is 0.333. The molecule has 3 rings (SSSR count). The Labute approximate surface area is 158 Å². The minimum atomic E-state index is -0.807. The van der Waals surface area contributed by atoms with Crippen LogP contribution < -0.4 is 0 Å². The number of nitrogens with zero attached hydrogens (tertiary/aromatic N) is 1. The number of rotatable bonds is 5. The predicted octanol–water partition coefficient (Wildman–Crippen LogP) is 4.05. The molecule has 2 aromatic carbocycles. The molecule has 0 radical (unpaired) electrons. The second-order valence-electron chi connectivity index (χ2n) is 6.76. The van der Waals surface area contributed by atoms with Gasteiger partial charge < -0.3 is 10.2 Å². The van der Waals surface area contributed by atoms with Gasteiger partial charge in [0, 0.05) is 24.7 Å². The van der Waals surface area contributed by atoms with Crippen LogP contribution in [0.3, 0.4) is 0 Å². The summed E-state index contributed by atoms with van der Waals surface area (Å²) < 4.78 is 12.9. The molecule has 2 aromatic rings. The first-order valence-electron chi connectivity index (χ1n) is 8.77. The summed E-state index contributed by atoms with van der Waals surface area (Å²) in [4.78, 5) is 2.23. The van der Waals surface area contributed by atoms with Gasteiger partial charge in [0.1, 0.15) is 5.82 Å². The van der Waals surface area contributed by atoms with Crippen molar-refractivity contribution in [1.82, 2.24) is 4.90 Å². The molecule has 1 saturated heterocycles. The van der Waals surface area contributed by atoms with Crippen molar-refractivity contribution in [3.8, 4) is 0 Å². The molecule has 26 heavy (non-hydrogen) atoms. The quantitative estimate of drug-likeness (QED) is 0.775. The molecule has 3 nitrogen and oxygen atoms in total. The van der Waals surface area contributed by atoms with Gasteiger partial charge in [-0.25, -0.2) is 4.39 Å². The fourth-order valence-corrected chi connectivity index (χ4v) is 3.39. The van der Waals surface area contributed by atoms with Crippen LogP contribution >= 0.6 is 11.6 Å². The van der Waals surface area contributed by atoms with Crippen molar-refractivity contribution in [3.63, 3.8) is 0 Å². The van der Waals surface area contributed by atoms with Gasteiger partial charge in [0.15, 0.2) is 0 Å². The summed E-state index contributed by atoms with van der Waals surface area (Å²) in [5, 5.41) is 21.7. The number of likely N-dealkylation sites (tertiary alicyclic amines) is 1. The summed E-state index contributed by atoms with van der Waals surface area (Å²) in [7, 11) is 0. The van der Waals surface area contributed by atoms with Crippen molar-refractivity contribution in [2.24, 2.45) is 0 Å². The number of hydrogen-bond donors (Lipinski definition) is 2. The third kappa shape index (κ3) is 4.71. The molecule has 2 N–H and O–H groups in total. The molecule has 1 unspecified atom stereocenters. The summed E-state index contributed by atoms with van der Waals surface area (Å²) in [6, 6.07) is 13.2. The van der Waals surface area contributed by atoms with Gasteiger partial charge in [-0.1, -0.05) is 48.0 Å². The van der Waals surface area contributed by atoms with E-state index >= 15 is 0 Å². The Hall–Kier alpha value is -1.72. The van der Waals surface area contributed by atoms with E-state index in [-0.39, 0.29) is 5.82 Å². The minimum Gasteiger partial charge on any atom is -0.385 e. The maximum Gasteiger partial charge on any atom is 0.123 e. The first-order valence-corrected chi connectivity index (χ1v) is 9.15. The Balaban J connectivity index is 1.50. The molecule has 0 saturated carbocycles. The molecular formula is C21H23ClFNO2. The largest absolute Gasteiger partial charge is 0.385 e. The van der Waals surface area contributed by atoms with Crippen molar-refractivity contribution in [1.29, 1.82) is 0 Å². The SMILES string of the molecule is OC(C=CCN1CCC(O)(c2ccc(Cl)cc2)CC1)c1ccc(F)cc1. The van der Waals surface area contributed by atoms with Crippen LogP contribution in [0.2, 0.25) is 5.02 Å². The van der Waals surface area contributed by atoms with Crippen molar-refractivity contribution in [3.05, 3.63) is 82.6 Å². The molecule has 1 atom stereocenters. The van der Waals surface area contributed by atoms with Crippen LogP contribution in [0.1, 0.15) is 30.1 Å². The summed E-state index contributed by atoms with van der Waals surface area (Å²) in [5.41, 5.74) is 0.764. The van der Waals surface area contributed by atoms with E-state index in [1.165, 1.54) is 12.1 Å². The van der Waals surface area contributed by atoms with Gasteiger partial charge >= 0.3 is 0 Å². The van der Waals surface area contributed by atoms with E-state index in [1.807, 2.05) is 18.2 Å². The molecule has 138 valence electrons. The normalized spacial score (nSPS) is 18.9. The topological polar surface area (TPSA) is 43.7 Å². The van der Waals surface area contributed by atoms with Gasteiger partial charge in [0.2, 0.25) is 0 Å². The lowest BCUT2D eigenvalue weighted by atomic mass is 9.84. The van der Waals surface area contributed by atoms with Crippen LogP contribution in [-0.2, 0) is 5.60 Å². The average molecular weight is 376 g/mol. The van der Waals surface area contributed by atoms with Crippen molar-refractivity contribution in [2.75, 3.05) is 19.6 Å². The summed E-state index contributed by atoms with van der Waals surface area (Å²) in [6.45, 7) is 2.25. The number of benzene rings is 2. The molecular weight excluding hydrogens is 353 g/mol. The van der Waals surface area contributed by atoms with Gasteiger partial charge in [-0.05, 0) is 48.2 Å². The monoisotopic (exact) mass is 375 g/mol. The zero-order chi connectivity index (χ0) is 18.6. The van der Waals surface area contributed by atoms with E-state index in [4.69, 9.17) is 11.6 Å². The van der Waals surface area contributed by atoms with Gasteiger partial charge in [-0.3, -0.25) is 4.90 Å². The molecule has 0 bridgehead atoms. The molecule has 0 amide bonds. The first-order chi connectivity index (χ1) is 12.5. The van der Waals surface area contributed by atoms with Crippen molar-refractivity contribution < 1.29 is 14.6 Å². The zero-order valence-electron chi connectivity index (χ0n) is 14.5. The van der Waals surface area contributed by atoms with Crippen molar-refractivity contribution >= 4 is 11.6 Å². The highest BCUT2D eigenvalue weighted by molar-refractivity contribution is 6.30. The predicted molar refractivity (Wildman–Crippen MR) is 102 cm³/mol. The average Bonchev–Trinajstić information content (AvgIpc) is 2.64. The number of hydrogen-bond acceptors (Lipinski definition) is 3. The second-order valence-corrected chi connectivity index (χ2v) is 7.20. The van der Waals surface area contributed by atoms with Gasteiger partial charge in [-0.2, -0.15) is 0 Å². The molecule has 0 spiro atoms. The van der Waals surface area contributed by atoms with Crippen molar-refractivity contribution in [2.45, 2.75) is 24.5 Å². The lowest BCUT2D eigenvalue weighted by Gasteiger charge is -2.38.